The summed E-state index contributed by atoms with van der Waals surface area (Å²) in [5.41, 5.74) is 0. The first-order valence-electron chi connectivity index (χ1n) is 22.7. The number of carbonyl (C=O) groups is 2. The average molecular weight is 807 g/mol. The molecule has 0 aromatic heterocycles. The Morgan fingerprint density at radius 3 is 1.60 bits per heavy atom. The van der Waals surface area contributed by atoms with Crippen LogP contribution in [-0.2, 0) is 28.5 Å². The maximum Gasteiger partial charge on any atom is 0.306 e. The van der Waals surface area contributed by atoms with Gasteiger partial charge in [0, 0.05) is 12.8 Å². The molecule has 0 radical (unpaired) electrons. The summed E-state index contributed by atoms with van der Waals surface area (Å²) in [7, 11) is 0. The van der Waals surface area contributed by atoms with E-state index in [0.717, 1.165) is 64.2 Å². The van der Waals surface area contributed by atoms with Crippen molar-refractivity contribution in [3.63, 3.8) is 0 Å². The molecule has 330 valence electrons. The molecular formula is C47H82O10. The van der Waals surface area contributed by atoms with Gasteiger partial charge in [-0.15, -0.1) is 6.58 Å². The van der Waals surface area contributed by atoms with Crippen LogP contribution in [0.25, 0.3) is 0 Å². The Hall–Kier alpha value is -2.34. The Bertz CT molecular complexity index is 1060. The predicted molar refractivity (Wildman–Crippen MR) is 229 cm³/mol. The number of hydrogen-bond donors (Lipinski definition) is 4. The van der Waals surface area contributed by atoms with Crippen molar-refractivity contribution in [1.82, 2.24) is 0 Å². The van der Waals surface area contributed by atoms with Crippen LogP contribution in [0.1, 0.15) is 180 Å². The molecule has 1 rings (SSSR count). The first-order chi connectivity index (χ1) is 27.8. The summed E-state index contributed by atoms with van der Waals surface area (Å²) >= 11 is 0. The van der Waals surface area contributed by atoms with Gasteiger partial charge in [-0.3, -0.25) is 9.59 Å². The molecule has 1 saturated heterocycles. The zero-order valence-corrected chi connectivity index (χ0v) is 35.7. The summed E-state index contributed by atoms with van der Waals surface area (Å²) in [4.78, 5) is 25.3. The summed E-state index contributed by atoms with van der Waals surface area (Å²) in [5.74, 6) is -0.834. The van der Waals surface area contributed by atoms with Gasteiger partial charge in [-0.05, 0) is 64.2 Å². The van der Waals surface area contributed by atoms with Crippen molar-refractivity contribution < 1.29 is 49.0 Å². The zero-order valence-electron chi connectivity index (χ0n) is 35.7. The molecule has 0 spiro atoms. The molecule has 57 heavy (non-hydrogen) atoms. The summed E-state index contributed by atoms with van der Waals surface area (Å²) in [5, 5.41) is 40.1. The number of rotatable bonds is 38. The maximum absolute atomic E-state index is 12.8. The number of ether oxygens (including phenoxy) is 4. The minimum atomic E-state index is -1.60. The Kier molecular flexibility index (Phi) is 35.0. The summed E-state index contributed by atoms with van der Waals surface area (Å²) in [6, 6.07) is 0. The van der Waals surface area contributed by atoms with E-state index in [1.807, 2.05) is 6.08 Å². The van der Waals surface area contributed by atoms with Gasteiger partial charge in [0.1, 0.15) is 31.0 Å². The fourth-order valence-electron chi connectivity index (χ4n) is 6.70. The summed E-state index contributed by atoms with van der Waals surface area (Å²) < 4.78 is 22.1. The van der Waals surface area contributed by atoms with E-state index in [0.29, 0.717) is 12.8 Å². The van der Waals surface area contributed by atoms with Gasteiger partial charge in [-0.25, -0.2) is 0 Å². The van der Waals surface area contributed by atoms with E-state index in [9.17, 15) is 30.0 Å². The van der Waals surface area contributed by atoms with Crippen LogP contribution in [0.2, 0.25) is 0 Å². The Morgan fingerprint density at radius 2 is 1.07 bits per heavy atom. The van der Waals surface area contributed by atoms with Gasteiger partial charge in [0.2, 0.25) is 0 Å². The van der Waals surface area contributed by atoms with Crippen molar-refractivity contribution in [2.24, 2.45) is 0 Å². The average Bonchev–Trinajstić information content (AvgIpc) is 3.21. The highest BCUT2D eigenvalue weighted by atomic mass is 16.7. The van der Waals surface area contributed by atoms with Crippen molar-refractivity contribution in [2.45, 2.75) is 217 Å². The first kappa shape index (κ1) is 52.7. The van der Waals surface area contributed by atoms with Crippen LogP contribution in [0.15, 0.2) is 49.1 Å². The second-order valence-corrected chi connectivity index (χ2v) is 15.6. The number of carbonyl (C=O) groups excluding carboxylic acids is 2. The van der Waals surface area contributed by atoms with Gasteiger partial charge in [0.15, 0.2) is 12.4 Å². The molecule has 10 heteroatoms. The number of aliphatic hydroxyl groups excluding tert-OH is 4. The highest BCUT2D eigenvalue weighted by molar-refractivity contribution is 5.70. The quantitative estimate of drug-likeness (QED) is 0.0270. The number of esters is 2. The molecule has 1 aliphatic heterocycles. The van der Waals surface area contributed by atoms with E-state index >= 15 is 0 Å². The number of unbranched alkanes of at least 4 members (excludes halogenated alkanes) is 20. The Morgan fingerprint density at radius 1 is 0.596 bits per heavy atom. The first-order valence-corrected chi connectivity index (χ1v) is 22.7. The molecule has 1 fully saturated rings. The monoisotopic (exact) mass is 807 g/mol. The van der Waals surface area contributed by atoms with E-state index in [4.69, 9.17) is 18.9 Å². The number of allylic oxidation sites excluding steroid dienone is 7. The van der Waals surface area contributed by atoms with Gasteiger partial charge >= 0.3 is 11.9 Å². The minimum absolute atomic E-state index is 0.222. The molecule has 1 aliphatic rings. The molecule has 10 nitrogen and oxygen atoms in total. The lowest BCUT2D eigenvalue weighted by Crippen LogP contribution is -2.59. The van der Waals surface area contributed by atoms with E-state index in [-0.39, 0.29) is 26.1 Å². The fraction of sp³-hybridized carbons (Fsp3) is 0.787. The standard InChI is InChI=1S/C47H82O10/c1-3-5-7-9-11-13-15-17-19-20-22-23-25-27-29-31-33-35-42(49)54-38-40(39-55-47-46(53)45(52)44(51)41(37-48)57-47)56-43(50)36-34-32-30-28-26-24-21-18-16-14-12-10-8-6-4-2/h4,11,13,17,19,22-23,40-41,44-48,51-53H,2-3,5-10,12,14-16,18,20-21,24-39H2,1H3/b13-11+,19-17+,23-22+/t40-,41-,44+,45?,46?,47-/m0/s1. The third kappa shape index (κ3) is 29.5. The van der Waals surface area contributed by atoms with Gasteiger partial charge in [0.05, 0.1) is 13.2 Å². The lowest BCUT2D eigenvalue weighted by molar-refractivity contribution is -0.305. The minimum Gasteiger partial charge on any atom is -0.462 e. The molecule has 0 aromatic rings. The highest BCUT2D eigenvalue weighted by Gasteiger charge is 2.44. The van der Waals surface area contributed by atoms with Crippen LogP contribution in [0.3, 0.4) is 0 Å². The molecule has 1 heterocycles. The van der Waals surface area contributed by atoms with Crippen molar-refractivity contribution >= 4 is 11.9 Å². The van der Waals surface area contributed by atoms with Gasteiger partial charge in [0.25, 0.3) is 0 Å². The van der Waals surface area contributed by atoms with Crippen LogP contribution < -0.4 is 0 Å². The molecule has 4 N–H and O–H groups in total. The second-order valence-electron chi connectivity index (χ2n) is 15.6. The smallest absolute Gasteiger partial charge is 0.306 e. The van der Waals surface area contributed by atoms with Crippen LogP contribution >= 0.6 is 0 Å². The van der Waals surface area contributed by atoms with Crippen molar-refractivity contribution in [2.75, 3.05) is 19.8 Å². The number of aliphatic hydroxyl groups is 4. The SMILES string of the molecule is C=CCCCCCCCCCCCCCCCC(=O)O[C@@H](COC(=O)CCCCCC/C=C/C/C=C/C/C=C/CCCCC)CO[C@H]1O[C@@H](CO)[C@@H](O)C(O)C1O. The number of hydrogen-bond acceptors (Lipinski definition) is 10. The van der Waals surface area contributed by atoms with Crippen molar-refractivity contribution in [3.05, 3.63) is 49.1 Å². The molecule has 2 unspecified atom stereocenters. The highest BCUT2D eigenvalue weighted by Crippen LogP contribution is 2.23. The van der Waals surface area contributed by atoms with Crippen molar-refractivity contribution in [1.29, 1.82) is 0 Å². The van der Waals surface area contributed by atoms with Crippen molar-refractivity contribution in [3.8, 4) is 0 Å². The lowest BCUT2D eigenvalue weighted by Gasteiger charge is -2.39. The lowest BCUT2D eigenvalue weighted by atomic mass is 9.99. The molecular weight excluding hydrogens is 725 g/mol. The molecule has 0 amide bonds. The van der Waals surface area contributed by atoms with Crippen LogP contribution in [0.4, 0.5) is 0 Å². The zero-order chi connectivity index (χ0) is 41.6. The van der Waals surface area contributed by atoms with Gasteiger partial charge < -0.3 is 39.4 Å². The molecule has 0 bridgehead atoms. The van der Waals surface area contributed by atoms with E-state index < -0.39 is 55.4 Å². The molecule has 0 aliphatic carbocycles. The molecule has 0 saturated carbocycles. The maximum atomic E-state index is 12.8. The molecule has 6 atom stereocenters. The normalized spacial score (nSPS) is 20.5. The van der Waals surface area contributed by atoms with Gasteiger partial charge in [-0.1, -0.05) is 146 Å². The van der Waals surface area contributed by atoms with Crippen LogP contribution in [0.5, 0.6) is 0 Å². The van der Waals surface area contributed by atoms with E-state index in [2.05, 4.69) is 50.0 Å². The van der Waals surface area contributed by atoms with Crippen LogP contribution in [-0.4, -0.2) is 89.0 Å². The third-order valence-corrected chi connectivity index (χ3v) is 10.3. The van der Waals surface area contributed by atoms with Gasteiger partial charge in [-0.2, -0.15) is 0 Å². The molecule has 0 aromatic carbocycles. The largest absolute Gasteiger partial charge is 0.462 e. The van der Waals surface area contributed by atoms with E-state index in [1.54, 1.807) is 0 Å². The Labute approximate surface area is 346 Å². The Balaban J connectivity index is 2.34. The predicted octanol–water partition coefficient (Wildman–Crippen LogP) is 9.67. The second kappa shape index (κ2) is 37.9. The topological polar surface area (TPSA) is 152 Å². The fourth-order valence-corrected chi connectivity index (χ4v) is 6.70. The summed E-state index contributed by atoms with van der Waals surface area (Å²) in [6.45, 7) is 4.89. The van der Waals surface area contributed by atoms with Crippen LogP contribution in [0, 0.1) is 0 Å². The summed E-state index contributed by atoms with van der Waals surface area (Å²) in [6.07, 6.45) is 35.7. The third-order valence-electron chi connectivity index (χ3n) is 10.3. The van der Waals surface area contributed by atoms with E-state index in [1.165, 1.54) is 83.5 Å².